The largest absolute Gasteiger partial charge is 0.495 e. The molecule has 4 aromatic rings. The highest BCUT2D eigenvalue weighted by Gasteiger charge is 2.20. The predicted octanol–water partition coefficient (Wildman–Crippen LogP) is 4.59. The Balaban J connectivity index is 1.93. The summed E-state index contributed by atoms with van der Waals surface area (Å²) in [5.41, 5.74) is 2.09. The smallest absolute Gasteiger partial charge is 0.280 e. The lowest BCUT2D eigenvalue weighted by Gasteiger charge is -2.08. The van der Waals surface area contributed by atoms with Gasteiger partial charge in [0.25, 0.3) is 6.43 Å². The Kier molecular flexibility index (Phi) is 4.19. The molecule has 0 spiro atoms. The van der Waals surface area contributed by atoms with E-state index < -0.39 is 19.2 Å². The minimum atomic E-state index is -2.77. The van der Waals surface area contributed by atoms with E-state index >= 15 is 0 Å². The van der Waals surface area contributed by atoms with Crippen LogP contribution < -0.4 is 10.1 Å². The van der Waals surface area contributed by atoms with Gasteiger partial charge in [-0.3, -0.25) is 9.78 Å². The number of pyridine rings is 3. The Morgan fingerprint density at radius 1 is 1.27 bits per heavy atom. The zero-order valence-electron chi connectivity index (χ0n) is 18.6. The van der Waals surface area contributed by atoms with Crippen LogP contribution in [0.15, 0.2) is 48.8 Å². The Hall–Kier alpha value is -3.88. The molecule has 0 fully saturated rings. The van der Waals surface area contributed by atoms with Crippen molar-refractivity contribution in [2.75, 3.05) is 12.4 Å². The van der Waals surface area contributed by atoms with Crippen LogP contribution in [0.2, 0.25) is 0 Å². The summed E-state index contributed by atoms with van der Waals surface area (Å²) < 4.78 is 53.4. The second-order valence-electron chi connectivity index (χ2n) is 6.40. The lowest BCUT2D eigenvalue weighted by molar-refractivity contribution is -0.114. The first-order chi connectivity index (χ1) is 15.6. The van der Waals surface area contributed by atoms with Crippen molar-refractivity contribution in [3.05, 3.63) is 54.5 Å². The van der Waals surface area contributed by atoms with E-state index in [0.29, 0.717) is 33.7 Å². The average Bonchev–Trinajstić information content (AvgIpc) is 3.11. The highest BCUT2D eigenvalue weighted by molar-refractivity contribution is 6.01. The van der Waals surface area contributed by atoms with Crippen molar-refractivity contribution in [2.45, 2.75) is 13.3 Å². The summed E-state index contributed by atoms with van der Waals surface area (Å²) >= 11 is 0. The van der Waals surface area contributed by atoms with E-state index in [1.807, 2.05) is 0 Å². The Morgan fingerprint density at radius 3 is 2.90 bits per heavy atom. The minimum Gasteiger partial charge on any atom is -0.495 e. The molecule has 30 heavy (non-hydrogen) atoms. The van der Waals surface area contributed by atoms with Crippen LogP contribution in [0, 0.1) is 0 Å². The maximum atomic E-state index is 13.3. The number of anilines is 1. The van der Waals surface area contributed by atoms with Gasteiger partial charge in [-0.05, 0) is 24.3 Å². The molecule has 0 bridgehead atoms. The molecule has 4 aromatic heterocycles. The van der Waals surface area contributed by atoms with Crippen molar-refractivity contribution < 1.29 is 22.4 Å². The molecule has 7 nitrogen and oxygen atoms in total. The normalized spacial score (nSPS) is 13.0. The van der Waals surface area contributed by atoms with Gasteiger partial charge in [-0.2, -0.15) is 0 Å². The first kappa shape index (κ1) is 16.0. The number of halogens is 2. The Bertz CT molecular complexity index is 1340. The number of carbonyl (C=O) groups excluding carboxylic acids is 1. The molecule has 9 heteroatoms. The third-order valence-corrected chi connectivity index (χ3v) is 4.33. The number of aromatic nitrogens is 4. The van der Waals surface area contributed by atoms with Crippen molar-refractivity contribution in [3.63, 3.8) is 0 Å². The molecule has 0 aliphatic heterocycles. The maximum Gasteiger partial charge on any atom is 0.280 e. The van der Waals surface area contributed by atoms with Gasteiger partial charge in [0.05, 0.1) is 45.3 Å². The number of methoxy groups -OCH3 is 1. The highest BCUT2D eigenvalue weighted by Crippen LogP contribution is 2.38. The maximum absolute atomic E-state index is 13.3. The van der Waals surface area contributed by atoms with Crippen LogP contribution in [-0.2, 0) is 4.79 Å². The van der Waals surface area contributed by atoms with Crippen molar-refractivity contribution in [2.24, 2.45) is 0 Å². The third kappa shape index (κ3) is 3.69. The van der Waals surface area contributed by atoms with E-state index in [1.54, 1.807) is 18.2 Å². The van der Waals surface area contributed by atoms with Gasteiger partial charge >= 0.3 is 0 Å². The van der Waals surface area contributed by atoms with Gasteiger partial charge in [0.1, 0.15) is 17.3 Å². The summed E-state index contributed by atoms with van der Waals surface area (Å²) in [5, 5.41) is 2.59. The van der Waals surface area contributed by atoms with Crippen LogP contribution >= 0.6 is 0 Å². The molecule has 0 aliphatic carbocycles. The second-order valence-corrected chi connectivity index (χ2v) is 6.40. The number of nitrogens with one attached hydrogen (secondary N) is 2. The van der Waals surface area contributed by atoms with Gasteiger partial charge in [0.2, 0.25) is 5.91 Å². The highest BCUT2D eigenvalue weighted by atomic mass is 19.3. The summed E-state index contributed by atoms with van der Waals surface area (Å²) in [6.07, 6.45) is -0.0458. The molecule has 0 saturated heterocycles. The van der Waals surface area contributed by atoms with E-state index in [-0.39, 0.29) is 17.4 Å². The summed E-state index contributed by atoms with van der Waals surface area (Å²) in [6.45, 7) is 1.35. The lowest BCUT2D eigenvalue weighted by atomic mass is 10.0. The van der Waals surface area contributed by atoms with E-state index in [9.17, 15) is 13.6 Å². The fraction of sp³-hybridized carbons (Fsp3) is 0.143. The summed E-state index contributed by atoms with van der Waals surface area (Å²) in [4.78, 5) is 27.1. The predicted molar refractivity (Wildman–Crippen MR) is 108 cm³/mol. The number of aromatic amines is 1. The number of rotatable bonds is 5. The molecule has 1 amide bonds. The molecule has 0 radical (unpaired) electrons. The molecular weight excluding hydrogens is 392 g/mol. The number of amides is 1. The summed E-state index contributed by atoms with van der Waals surface area (Å²) in [6, 6.07) is 8.98. The van der Waals surface area contributed by atoms with Gasteiger partial charge in [-0.25, -0.2) is 18.7 Å². The van der Waals surface area contributed by atoms with Crippen molar-refractivity contribution >= 4 is 22.8 Å². The van der Waals surface area contributed by atoms with Crippen LogP contribution in [0.4, 0.5) is 14.6 Å². The molecule has 0 aliphatic rings. The number of ether oxygens (including phenoxy) is 1. The number of alkyl halides is 2. The van der Waals surface area contributed by atoms with Gasteiger partial charge in [-0.15, -0.1) is 0 Å². The number of carbonyl (C=O) groups is 1. The fourth-order valence-corrected chi connectivity index (χ4v) is 3.12. The fourth-order valence-electron chi connectivity index (χ4n) is 3.12. The van der Waals surface area contributed by atoms with E-state index in [4.69, 9.17) is 8.85 Å². The zero-order valence-corrected chi connectivity index (χ0v) is 15.6. The molecular formula is C21H17F2N5O2. The van der Waals surface area contributed by atoms with Crippen molar-refractivity contribution in [1.29, 1.82) is 0 Å². The minimum absolute atomic E-state index is 0.00445. The zero-order chi connectivity index (χ0) is 23.8. The molecule has 4 heterocycles. The van der Waals surface area contributed by atoms with Crippen molar-refractivity contribution in [1.82, 2.24) is 19.9 Å². The second kappa shape index (κ2) is 7.86. The van der Waals surface area contributed by atoms with Gasteiger partial charge in [-0.1, -0.05) is 6.07 Å². The molecule has 2 N–H and O–H groups in total. The molecule has 0 atom stereocenters. The van der Waals surface area contributed by atoms with Crippen LogP contribution in [0.1, 0.15) is 23.2 Å². The van der Waals surface area contributed by atoms with E-state index in [1.165, 1.54) is 37.5 Å². The first-order valence-electron chi connectivity index (χ1n) is 10.3. The average molecular weight is 412 g/mol. The Morgan fingerprint density at radius 2 is 2.13 bits per heavy atom. The van der Waals surface area contributed by atoms with Crippen molar-refractivity contribution in [3.8, 4) is 28.3 Å². The third-order valence-electron chi connectivity index (χ3n) is 4.33. The summed E-state index contributed by atoms with van der Waals surface area (Å²) in [5.74, 6) is -0.0148. The molecule has 4 rings (SSSR count). The Labute approximate surface area is 174 Å². The monoisotopic (exact) mass is 412 g/mol. The topological polar surface area (TPSA) is 92.8 Å². The number of hydrogen-bond donors (Lipinski definition) is 2. The lowest BCUT2D eigenvalue weighted by Crippen LogP contribution is -2.07. The van der Waals surface area contributed by atoms with Crippen LogP contribution in [-0.4, -0.2) is 32.9 Å². The summed E-state index contributed by atoms with van der Waals surface area (Å²) in [7, 11) is -2.67. The molecule has 0 saturated carbocycles. The number of nitrogens with zero attached hydrogens (tertiary/aromatic N) is 3. The van der Waals surface area contributed by atoms with Crippen LogP contribution in [0.25, 0.3) is 33.5 Å². The first-order valence-corrected chi connectivity index (χ1v) is 8.81. The molecule has 0 unspecified atom stereocenters. The van der Waals surface area contributed by atoms with E-state index in [2.05, 4.69) is 25.3 Å². The molecule has 152 valence electrons. The van der Waals surface area contributed by atoms with Gasteiger partial charge in [0, 0.05) is 24.8 Å². The standard InChI is InChI=1S/C21H17F2N5O2/c1-11(29)26-17-8-12(6-7-24-17)19-18(14-4-3-5-15(27-14)21(22)23)20-16(28-19)9-13(30-2)10-25-20/h3-10,21,28H,1-2H3,(H,24,26,29)/i2D3. The number of fused-ring (bicyclic) bond motifs is 1. The SMILES string of the molecule is [2H]C([2H])([2H])Oc1cnc2c(-c3cccc(C(F)F)n3)c(-c3ccnc(NC(C)=O)c3)[nH]c2c1. The van der Waals surface area contributed by atoms with Gasteiger partial charge < -0.3 is 15.0 Å². The van der Waals surface area contributed by atoms with E-state index in [0.717, 1.165) is 0 Å². The number of H-pyrrole nitrogens is 1. The van der Waals surface area contributed by atoms with Crippen LogP contribution in [0.3, 0.4) is 0 Å². The molecule has 0 aromatic carbocycles. The quantitative estimate of drug-likeness (QED) is 0.500. The number of hydrogen-bond acceptors (Lipinski definition) is 5. The van der Waals surface area contributed by atoms with Crippen LogP contribution in [0.5, 0.6) is 5.75 Å². The van der Waals surface area contributed by atoms with Gasteiger partial charge in [0.15, 0.2) is 0 Å².